The van der Waals surface area contributed by atoms with Crippen molar-refractivity contribution in [3.8, 4) is 0 Å². The summed E-state index contributed by atoms with van der Waals surface area (Å²) in [6, 6.07) is 10.9. The van der Waals surface area contributed by atoms with Crippen LogP contribution in [0.3, 0.4) is 0 Å². The molecule has 5 heteroatoms. The molecular formula is C14H13BrF2N2. The maximum absolute atomic E-state index is 13.6. The van der Waals surface area contributed by atoms with Gasteiger partial charge in [-0.1, -0.05) is 24.3 Å². The van der Waals surface area contributed by atoms with Gasteiger partial charge in [0.2, 0.25) is 0 Å². The molecule has 0 radical (unpaired) electrons. The van der Waals surface area contributed by atoms with E-state index in [-0.39, 0.29) is 17.7 Å². The Morgan fingerprint density at radius 2 is 1.84 bits per heavy atom. The number of benzene rings is 2. The maximum atomic E-state index is 13.6. The van der Waals surface area contributed by atoms with E-state index in [1.54, 1.807) is 30.3 Å². The van der Waals surface area contributed by atoms with Crippen LogP contribution in [0.15, 0.2) is 46.9 Å². The van der Waals surface area contributed by atoms with Crippen LogP contribution in [-0.2, 0) is 6.42 Å². The van der Waals surface area contributed by atoms with Gasteiger partial charge in [0.15, 0.2) is 0 Å². The summed E-state index contributed by atoms with van der Waals surface area (Å²) >= 11 is 3.13. The Labute approximate surface area is 118 Å². The van der Waals surface area contributed by atoms with Gasteiger partial charge in [-0.15, -0.1) is 0 Å². The highest BCUT2D eigenvalue weighted by molar-refractivity contribution is 9.10. The van der Waals surface area contributed by atoms with Gasteiger partial charge in [-0.3, -0.25) is 11.3 Å². The van der Waals surface area contributed by atoms with E-state index >= 15 is 0 Å². The smallest absolute Gasteiger partial charge is 0.137 e. The minimum Gasteiger partial charge on any atom is -0.271 e. The molecule has 0 saturated heterocycles. The first-order valence-corrected chi connectivity index (χ1v) is 6.55. The number of hydrogen-bond donors (Lipinski definition) is 2. The van der Waals surface area contributed by atoms with E-state index in [0.717, 1.165) is 5.56 Å². The molecule has 0 spiro atoms. The first-order chi connectivity index (χ1) is 9.11. The molecule has 2 nitrogen and oxygen atoms in total. The fraction of sp³-hybridized carbons (Fsp3) is 0.143. The topological polar surface area (TPSA) is 38.0 Å². The third-order valence-corrected chi connectivity index (χ3v) is 3.54. The number of nitrogens with one attached hydrogen (secondary N) is 1. The molecule has 1 atom stereocenters. The summed E-state index contributed by atoms with van der Waals surface area (Å²) in [5.74, 6) is 4.89. The van der Waals surface area contributed by atoms with Crippen molar-refractivity contribution >= 4 is 15.9 Å². The molecule has 0 heterocycles. The van der Waals surface area contributed by atoms with Crippen molar-refractivity contribution in [2.45, 2.75) is 12.5 Å². The summed E-state index contributed by atoms with van der Waals surface area (Å²) in [5.41, 5.74) is 3.98. The van der Waals surface area contributed by atoms with Gasteiger partial charge in [0, 0.05) is 0 Å². The summed E-state index contributed by atoms with van der Waals surface area (Å²) in [5, 5.41) is 0. The van der Waals surface area contributed by atoms with E-state index in [4.69, 9.17) is 5.84 Å². The molecule has 0 aliphatic heterocycles. The van der Waals surface area contributed by atoms with Crippen molar-refractivity contribution in [3.05, 3.63) is 69.7 Å². The van der Waals surface area contributed by atoms with Crippen LogP contribution in [0.1, 0.15) is 17.2 Å². The van der Waals surface area contributed by atoms with E-state index in [1.165, 1.54) is 12.1 Å². The predicted octanol–water partition coefficient (Wildman–Crippen LogP) is 3.47. The fourth-order valence-corrected chi connectivity index (χ4v) is 2.28. The Balaban J connectivity index is 2.25. The largest absolute Gasteiger partial charge is 0.271 e. The fourth-order valence-electron chi connectivity index (χ4n) is 1.89. The van der Waals surface area contributed by atoms with Crippen molar-refractivity contribution in [2.75, 3.05) is 0 Å². The molecule has 0 aromatic heterocycles. The lowest BCUT2D eigenvalue weighted by Crippen LogP contribution is -2.29. The Bertz CT molecular complexity index is 575. The lowest BCUT2D eigenvalue weighted by molar-refractivity contribution is 0.527. The molecule has 0 fully saturated rings. The normalized spacial score (nSPS) is 12.4. The second-order valence-electron chi connectivity index (χ2n) is 4.19. The van der Waals surface area contributed by atoms with Gasteiger partial charge in [0.05, 0.1) is 10.5 Å². The number of hydrogen-bond acceptors (Lipinski definition) is 2. The highest BCUT2D eigenvalue weighted by Gasteiger charge is 2.14. The minimum absolute atomic E-state index is 0.274. The second kappa shape index (κ2) is 6.23. The van der Waals surface area contributed by atoms with Crippen molar-refractivity contribution in [3.63, 3.8) is 0 Å². The molecule has 100 valence electrons. The van der Waals surface area contributed by atoms with Gasteiger partial charge < -0.3 is 0 Å². The van der Waals surface area contributed by atoms with Crippen LogP contribution in [0, 0.1) is 11.6 Å². The summed E-state index contributed by atoms with van der Waals surface area (Å²) < 4.78 is 27.2. The maximum Gasteiger partial charge on any atom is 0.137 e. The minimum atomic E-state index is -0.342. The van der Waals surface area contributed by atoms with Crippen LogP contribution < -0.4 is 11.3 Å². The van der Waals surface area contributed by atoms with Gasteiger partial charge in [0.25, 0.3) is 0 Å². The van der Waals surface area contributed by atoms with E-state index in [0.29, 0.717) is 16.5 Å². The summed E-state index contributed by atoms with van der Waals surface area (Å²) in [6.07, 6.45) is 0.390. The van der Waals surface area contributed by atoms with Crippen LogP contribution in [-0.4, -0.2) is 0 Å². The van der Waals surface area contributed by atoms with Crippen molar-refractivity contribution in [1.29, 1.82) is 0 Å². The number of halogens is 3. The average Bonchev–Trinajstić information content (AvgIpc) is 2.41. The zero-order valence-electron chi connectivity index (χ0n) is 10.0. The van der Waals surface area contributed by atoms with Crippen LogP contribution in [0.25, 0.3) is 0 Å². The first-order valence-electron chi connectivity index (χ1n) is 5.76. The molecule has 0 bridgehead atoms. The molecule has 0 aliphatic rings. The summed E-state index contributed by atoms with van der Waals surface area (Å²) in [6.45, 7) is 0. The molecule has 1 unspecified atom stereocenters. The van der Waals surface area contributed by atoms with Crippen LogP contribution in [0.4, 0.5) is 8.78 Å². The first kappa shape index (κ1) is 14.1. The molecule has 0 aliphatic carbocycles. The summed E-state index contributed by atoms with van der Waals surface area (Å²) in [7, 11) is 0. The number of rotatable bonds is 4. The number of nitrogens with two attached hydrogens (primary N) is 1. The molecule has 2 aromatic carbocycles. The molecule has 19 heavy (non-hydrogen) atoms. The predicted molar refractivity (Wildman–Crippen MR) is 74.3 cm³/mol. The zero-order valence-corrected chi connectivity index (χ0v) is 11.6. The molecule has 3 N–H and O–H groups in total. The molecule has 0 amide bonds. The van der Waals surface area contributed by atoms with Crippen molar-refractivity contribution in [1.82, 2.24) is 5.43 Å². The van der Waals surface area contributed by atoms with Crippen molar-refractivity contribution in [2.24, 2.45) is 5.84 Å². The number of hydrazine groups is 1. The Kier molecular flexibility index (Phi) is 4.63. The lowest BCUT2D eigenvalue weighted by Gasteiger charge is -2.17. The van der Waals surface area contributed by atoms with Crippen LogP contribution in [0.5, 0.6) is 0 Å². The summed E-state index contributed by atoms with van der Waals surface area (Å²) in [4.78, 5) is 0. The molecule has 0 saturated carbocycles. The highest BCUT2D eigenvalue weighted by Crippen LogP contribution is 2.24. The van der Waals surface area contributed by atoms with Gasteiger partial charge in [0.1, 0.15) is 11.6 Å². The van der Waals surface area contributed by atoms with Crippen LogP contribution >= 0.6 is 15.9 Å². The van der Waals surface area contributed by atoms with E-state index in [9.17, 15) is 8.78 Å². The van der Waals surface area contributed by atoms with E-state index in [2.05, 4.69) is 21.4 Å². The lowest BCUT2D eigenvalue weighted by atomic mass is 9.99. The quantitative estimate of drug-likeness (QED) is 0.667. The highest BCUT2D eigenvalue weighted by atomic mass is 79.9. The molecular weight excluding hydrogens is 314 g/mol. The van der Waals surface area contributed by atoms with Gasteiger partial charge in [-0.25, -0.2) is 8.78 Å². The van der Waals surface area contributed by atoms with Gasteiger partial charge in [-0.2, -0.15) is 0 Å². The zero-order chi connectivity index (χ0) is 13.8. The standard InChI is InChI=1S/C14H13BrF2N2/c15-11-7-10(5-6-13(11)17)14(19-18)8-9-3-1-2-4-12(9)16/h1-7,14,19H,8,18H2. The third-order valence-electron chi connectivity index (χ3n) is 2.93. The Morgan fingerprint density at radius 1 is 1.11 bits per heavy atom. The van der Waals surface area contributed by atoms with Crippen molar-refractivity contribution < 1.29 is 8.78 Å². The Morgan fingerprint density at radius 3 is 2.47 bits per heavy atom. The van der Waals surface area contributed by atoms with Gasteiger partial charge in [-0.05, 0) is 51.7 Å². The van der Waals surface area contributed by atoms with E-state index in [1.807, 2.05) is 0 Å². The van der Waals surface area contributed by atoms with E-state index < -0.39 is 0 Å². The average molecular weight is 327 g/mol. The second-order valence-corrected chi connectivity index (χ2v) is 5.04. The SMILES string of the molecule is NNC(Cc1ccccc1F)c1ccc(F)c(Br)c1. The molecule has 2 aromatic rings. The molecule has 2 rings (SSSR count). The van der Waals surface area contributed by atoms with Gasteiger partial charge >= 0.3 is 0 Å². The monoisotopic (exact) mass is 326 g/mol. The third kappa shape index (κ3) is 3.37. The van der Waals surface area contributed by atoms with Crippen LogP contribution in [0.2, 0.25) is 0 Å². The Hall–Kier alpha value is -1.30.